The molecule has 1 atom stereocenters. The summed E-state index contributed by atoms with van der Waals surface area (Å²) in [6, 6.07) is 1.91. The Morgan fingerprint density at radius 2 is 2.22 bits per heavy atom. The van der Waals surface area contributed by atoms with E-state index in [1.54, 1.807) is 6.07 Å². The first-order chi connectivity index (χ1) is 8.52. The molecule has 1 unspecified atom stereocenters. The first-order valence-corrected chi connectivity index (χ1v) is 5.93. The van der Waals surface area contributed by atoms with Crippen molar-refractivity contribution in [1.29, 1.82) is 0 Å². The van der Waals surface area contributed by atoms with Crippen molar-refractivity contribution in [2.45, 2.75) is 25.0 Å². The van der Waals surface area contributed by atoms with Gasteiger partial charge in [0, 0.05) is 0 Å². The molecule has 1 aromatic carbocycles. The van der Waals surface area contributed by atoms with Gasteiger partial charge in [0.15, 0.2) is 11.5 Å². The molecule has 0 radical (unpaired) electrons. The Morgan fingerprint density at radius 1 is 1.56 bits per heavy atom. The van der Waals surface area contributed by atoms with Crippen molar-refractivity contribution in [2.75, 3.05) is 7.11 Å². The molecular weight excluding hydrogens is 258 g/mol. The fraction of sp³-hybridized carbons (Fsp3) is 0.417. The first kappa shape index (κ1) is 13.0. The van der Waals surface area contributed by atoms with Gasteiger partial charge in [-0.3, -0.25) is 4.79 Å². The molecule has 0 aromatic heterocycles. The minimum absolute atomic E-state index is 0.176. The highest BCUT2D eigenvalue weighted by Crippen LogP contribution is 2.41. The predicted octanol–water partition coefficient (Wildman–Crippen LogP) is 1.97. The lowest BCUT2D eigenvalue weighted by atomic mass is 10.1. The van der Waals surface area contributed by atoms with Crippen molar-refractivity contribution < 1.29 is 19.4 Å². The van der Waals surface area contributed by atoms with Gasteiger partial charge >= 0.3 is 5.97 Å². The zero-order chi connectivity index (χ0) is 13.3. The largest absolute Gasteiger partial charge is 0.493 e. The van der Waals surface area contributed by atoms with E-state index in [1.807, 2.05) is 0 Å². The van der Waals surface area contributed by atoms with E-state index in [4.69, 9.17) is 31.9 Å². The zero-order valence-corrected chi connectivity index (χ0v) is 10.6. The lowest BCUT2D eigenvalue weighted by Crippen LogP contribution is -2.20. The van der Waals surface area contributed by atoms with Gasteiger partial charge in [-0.05, 0) is 30.5 Å². The Labute approximate surface area is 109 Å². The molecule has 0 heterocycles. The Kier molecular flexibility index (Phi) is 3.63. The maximum atomic E-state index is 10.8. The van der Waals surface area contributed by atoms with E-state index in [1.165, 1.54) is 13.2 Å². The Hall–Kier alpha value is -1.46. The van der Waals surface area contributed by atoms with Gasteiger partial charge in [-0.25, -0.2) is 0 Å². The smallest absolute Gasteiger partial charge is 0.325 e. The number of carbonyl (C=O) groups is 1. The van der Waals surface area contributed by atoms with Crippen LogP contribution in [0.15, 0.2) is 12.1 Å². The van der Waals surface area contributed by atoms with Crippen LogP contribution in [0.4, 0.5) is 0 Å². The van der Waals surface area contributed by atoms with Crippen LogP contribution in [-0.2, 0) is 4.79 Å². The monoisotopic (exact) mass is 271 g/mol. The van der Waals surface area contributed by atoms with Crippen LogP contribution >= 0.6 is 11.6 Å². The van der Waals surface area contributed by atoms with E-state index in [-0.39, 0.29) is 6.10 Å². The van der Waals surface area contributed by atoms with Gasteiger partial charge in [-0.2, -0.15) is 0 Å². The van der Waals surface area contributed by atoms with Crippen LogP contribution in [0.5, 0.6) is 11.5 Å². The second kappa shape index (κ2) is 5.04. The van der Waals surface area contributed by atoms with E-state index in [0.717, 1.165) is 12.8 Å². The Bertz CT molecular complexity index is 473. The number of carboxylic acids is 1. The van der Waals surface area contributed by atoms with Gasteiger partial charge in [-0.15, -0.1) is 0 Å². The van der Waals surface area contributed by atoms with Crippen molar-refractivity contribution in [3.63, 3.8) is 0 Å². The summed E-state index contributed by atoms with van der Waals surface area (Å²) < 4.78 is 10.8. The minimum atomic E-state index is -1.13. The third-order valence-corrected chi connectivity index (χ3v) is 2.97. The fourth-order valence-corrected chi connectivity index (χ4v) is 1.79. The number of aliphatic carboxylic acids is 1. The highest BCUT2D eigenvalue weighted by Gasteiger charge is 2.27. The SMILES string of the molecule is COc1cc(C(N)C(=O)O)cc(Cl)c1OC1CC1. The van der Waals surface area contributed by atoms with Gasteiger partial charge in [0.05, 0.1) is 18.2 Å². The van der Waals surface area contributed by atoms with Crippen LogP contribution < -0.4 is 15.2 Å². The van der Waals surface area contributed by atoms with E-state index in [0.29, 0.717) is 22.1 Å². The fourth-order valence-electron chi connectivity index (χ4n) is 1.53. The normalized spacial score (nSPS) is 16.2. The van der Waals surface area contributed by atoms with Crippen LogP contribution in [0, 0.1) is 0 Å². The minimum Gasteiger partial charge on any atom is -0.493 e. The summed E-state index contributed by atoms with van der Waals surface area (Å²) in [6.45, 7) is 0. The molecule has 1 aromatic rings. The molecule has 1 fully saturated rings. The molecule has 6 heteroatoms. The molecule has 1 saturated carbocycles. The summed E-state index contributed by atoms with van der Waals surface area (Å²) in [7, 11) is 1.47. The molecule has 98 valence electrons. The average Bonchev–Trinajstić information content (AvgIpc) is 3.14. The molecule has 0 saturated heterocycles. The third-order valence-electron chi connectivity index (χ3n) is 2.69. The topological polar surface area (TPSA) is 81.8 Å². The quantitative estimate of drug-likeness (QED) is 0.856. The highest BCUT2D eigenvalue weighted by atomic mass is 35.5. The molecule has 18 heavy (non-hydrogen) atoms. The van der Waals surface area contributed by atoms with Crippen molar-refractivity contribution >= 4 is 17.6 Å². The number of methoxy groups -OCH3 is 1. The third kappa shape index (κ3) is 2.68. The lowest BCUT2D eigenvalue weighted by Gasteiger charge is -2.15. The molecule has 0 aliphatic heterocycles. The first-order valence-electron chi connectivity index (χ1n) is 5.55. The number of nitrogens with two attached hydrogens (primary N) is 1. The number of hydrogen-bond acceptors (Lipinski definition) is 4. The second-order valence-electron chi connectivity index (χ2n) is 4.17. The standard InChI is InChI=1S/C12H14ClNO4/c1-17-9-5-6(10(14)12(15)16)4-8(13)11(9)18-7-2-3-7/h4-5,7,10H,2-3,14H2,1H3,(H,15,16). The number of hydrogen-bond donors (Lipinski definition) is 2. The number of rotatable bonds is 5. The Morgan fingerprint density at radius 3 is 2.72 bits per heavy atom. The van der Waals surface area contributed by atoms with E-state index < -0.39 is 12.0 Å². The van der Waals surface area contributed by atoms with Crippen LogP contribution in [-0.4, -0.2) is 24.3 Å². The molecular formula is C12H14ClNO4. The number of carboxylic acid groups (broad SMARTS) is 1. The van der Waals surface area contributed by atoms with E-state index >= 15 is 0 Å². The van der Waals surface area contributed by atoms with Crippen LogP contribution in [0.1, 0.15) is 24.4 Å². The lowest BCUT2D eigenvalue weighted by molar-refractivity contribution is -0.138. The summed E-state index contributed by atoms with van der Waals surface area (Å²) in [5.41, 5.74) is 5.92. The molecule has 0 amide bonds. The Balaban J connectivity index is 2.35. The molecule has 1 aliphatic rings. The zero-order valence-electron chi connectivity index (χ0n) is 9.85. The molecule has 3 N–H and O–H groups in total. The van der Waals surface area contributed by atoms with Gasteiger partial charge in [-0.1, -0.05) is 11.6 Å². The number of ether oxygens (including phenoxy) is 2. The van der Waals surface area contributed by atoms with Gasteiger partial charge in [0.1, 0.15) is 6.04 Å². The van der Waals surface area contributed by atoms with E-state index in [2.05, 4.69) is 0 Å². The molecule has 5 nitrogen and oxygen atoms in total. The van der Waals surface area contributed by atoms with Gasteiger partial charge in [0.2, 0.25) is 0 Å². The van der Waals surface area contributed by atoms with Crippen LogP contribution in [0.25, 0.3) is 0 Å². The van der Waals surface area contributed by atoms with Crippen molar-refractivity contribution in [3.05, 3.63) is 22.7 Å². The van der Waals surface area contributed by atoms with Gasteiger partial charge < -0.3 is 20.3 Å². The van der Waals surface area contributed by atoms with Crippen LogP contribution in [0.3, 0.4) is 0 Å². The average molecular weight is 272 g/mol. The molecule has 2 rings (SSSR count). The number of halogens is 1. The number of benzene rings is 1. The van der Waals surface area contributed by atoms with Crippen LogP contribution in [0.2, 0.25) is 5.02 Å². The summed E-state index contributed by atoms with van der Waals surface area (Å²) in [5, 5.41) is 9.19. The molecule has 1 aliphatic carbocycles. The van der Waals surface area contributed by atoms with Crippen molar-refractivity contribution in [2.24, 2.45) is 5.73 Å². The molecule has 0 spiro atoms. The summed E-state index contributed by atoms with van der Waals surface area (Å²) >= 11 is 6.08. The van der Waals surface area contributed by atoms with Crippen molar-refractivity contribution in [3.8, 4) is 11.5 Å². The summed E-state index contributed by atoms with van der Waals surface area (Å²) in [6.07, 6.45) is 2.17. The highest BCUT2D eigenvalue weighted by molar-refractivity contribution is 6.32. The predicted molar refractivity (Wildman–Crippen MR) is 66.2 cm³/mol. The maximum Gasteiger partial charge on any atom is 0.325 e. The van der Waals surface area contributed by atoms with Gasteiger partial charge in [0.25, 0.3) is 0 Å². The van der Waals surface area contributed by atoms with Crippen molar-refractivity contribution in [1.82, 2.24) is 0 Å². The summed E-state index contributed by atoms with van der Waals surface area (Å²) in [5.74, 6) is -0.270. The molecule has 0 bridgehead atoms. The second-order valence-corrected chi connectivity index (χ2v) is 4.57. The maximum absolute atomic E-state index is 10.8. The summed E-state index contributed by atoms with van der Waals surface area (Å²) in [4.78, 5) is 10.8. The van der Waals surface area contributed by atoms with E-state index in [9.17, 15) is 4.79 Å².